The van der Waals surface area contributed by atoms with E-state index >= 15 is 0 Å². The van der Waals surface area contributed by atoms with Crippen LogP contribution < -0.4 is 11.1 Å². The predicted octanol–water partition coefficient (Wildman–Crippen LogP) is 1.59. The lowest BCUT2D eigenvalue weighted by atomic mass is 10.1. The van der Waals surface area contributed by atoms with Crippen LogP contribution in [-0.4, -0.2) is 48.8 Å². The van der Waals surface area contributed by atoms with Crippen LogP contribution in [-0.2, 0) is 4.74 Å². The maximum absolute atomic E-state index is 13.7. The molecule has 0 amide bonds. The summed E-state index contributed by atoms with van der Waals surface area (Å²) in [6.45, 7) is 6.32. The number of halogens is 1. The summed E-state index contributed by atoms with van der Waals surface area (Å²) in [6.07, 6.45) is 0.0890. The number of nitrogens with one attached hydrogen (secondary N) is 1. The number of morpholine rings is 1. The van der Waals surface area contributed by atoms with Gasteiger partial charge in [-0.25, -0.2) is 4.39 Å². The number of likely N-dealkylation sites (N-methyl/N-ethyl adjacent to an activating group) is 1. The Labute approximate surface area is 124 Å². The first-order valence-corrected chi connectivity index (χ1v) is 7.18. The molecule has 1 heterocycles. The molecule has 0 aromatic heterocycles. The van der Waals surface area contributed by atoms with E-state index in [-0.39, 0.29) is 16.7 Å². The Hall–Kier alpha value is -1.24. The average Bonchev–Trinajstić information content (AvgIpc) is 2.45. The SMILES string of the molecule is CCN1CCOC(CNc2cccc(F)c2C(N)=S)C1. The highest BCUT2D eigenvalue weighted by Gasteiger charge is 2.19. The van der Waals surface area contributed by atoms with Gasteiger partial charge >= 0.3 is 0 Å². The maximum Gasteiger partial charge on any atom is 0.135 e. The first kappa shape index (κ1) is 15.2. The molecule has 2 rings (SSSR count). The minimum absolute atomic E-state index is 0.0605. The lowest BCUT2D eigenvalue weighted by Gasteiger charge is -2.32. The molecule has 1 fully saturated rings. The normalized spacial score (nSPS) is 19.8. The van der Waals surface area contributed by atoms with Gasteiger partial charge in [-0.2, -0.15) is 0 Å². The molecule has 0 aliphatic carbocycles. The summed E-state index contributed by atoms with van der Waals surface area (Å²) in [5.41, 5.74) is 6.47. The second-order valence-corrected chi connectivity index (χ2v) is 5.23. The third-order valence-electron chi connectivity index (χ3n) is 3.45. The fraction of sp³-hybridized carbons (Fsp3) is 0.500. The van der Waals surface area contributed by atoms with Crippen molar-refractivity contribution in [2.75, 3.05) is 38.1 Å². The van der Waals surface area contributed by atoms with Crippen molar-refractivity contribution in [1.82, 2.24) is 4.90 Å². The van der Waals surface area contributed by atoms with E-state index < -0.39 is 5.82 Å². The Kier molecular flexibility index (Phi) is 5.28. The third-order valence-corrected chi connectivity index (χ3v) is 3.65. The quantitative estimate of drug-likeness (QED) is 0.808. The Morgan fingerprint density at radius 2 is 2.40 bits per heavy atom. The molecule has 1 saturated heterocycles. The molecule has 3 N–H and O–H groups in total. The van der Waals surface area contributed by atoms with Gasteiger partial charge < -0.3 is 15.8 Å². The second kappa shape index (κ2) is 6.97. The molecule has 1 aromatic rings. The van der Waals surface area contributed by atoms with Crippen molar-refractivity contribution in [2.24, 2.45) is 5.73 Å². The first-order valence-electron chi connectivity index (χ1n) is 6.78. The smallest absolute Gasteiger partial charge is 0.135 e. The number of nitrogens with zero attached hydrogens (tertiary/aromatic N) is 1. The van der Waals surface area contributed by atoms with Crippen LogP contribution in [0.25, 0.3) is 0 Å². The molecule has 0 radical (unpaired) electrons. The fourth-order valence-corrected chi connectivity index (χ4v) is 2.54. The molecule has 1 aliphatic heterocycles. The van der Waals surface area contributed by atoms with E-state index in [0.29, 0.717) is 12.2 Å². The van der Waals surface area contributed by atoms with Crippen LogP contribution in [0.2, 0.25) is 0 Å². The zero-order valence-electron chi connectivity index (χ0n) is 11.6. The Morgan fingerprint density at radius 3 is 3.10 bits per heavy atom. The van der Waals surface area contributed by atoms with Crippen LogP contribution in [0, 0.1) is 5.82 Å². The monoisotopic (exact) mass is 297 g/mol. The van der Waals surface area contributed by atoms with Gasteiger partial charge in [-0.05, 0) is 18.7 Å². The summed E-state index contributed by atoms with van der Waals surface area (Å²) < 4.78 is 19.4. The molecule has 6 heteroatoms. The Morgan fingerprint density at radius 1 is 1.60 bits per heavy atom. The van der Waals surface area contributed by atoms with E-state index in [1.807, 2.05) is 0 Å². The summed E-state index contributed by atoms with van der Waals surface area (Å²) in [5.74, 6) is -0.401. The molecule has 1 unspecified atom stereocenters. The van der Waals surface area contributed by atoms with Crippen LogP contribution in [0.3, 0.4) is 0 Å². The van der Waals surface area contributed by atoms with E-state index in [1.165, 1.54) is 6.07 Å². The van der Waals surface area contributed by atoms with Crippen molar-refractivity contribution in [3.8, 4) is 0 Å². The van der Waals surface area contributed by atoms with Crippen molar-refractivity contribution in [3.63, 3.8) is 0 Å². The van der Waals surface area contributed by atoms with Crippen molar-refractivity contribution < 1.29 is 9.13 Å². The summed E-state index contributed by atoms with van der Waals surface area (Å²) in [6, 6.07) is 4.77. The summed E-state index contributed by atoms with van der Waals surface area (Å²) in [7, 11) is 0. The summed E-state index contributed by atoms with van der Waals surface area (Å²) in [5, 5.41) is 3.19. The molecule has 0 spiro atoms. The first-order chi connectivity index (χ1) is 9.61. The van der Waals surface area contributed by atoms with Gasteiger partial charge in [0.25, 0.3) is 0 Å². The average molecular weight is 297 g/mol. The molecule has 1 atom stereocenters. The molecular formula is C14H20FN3OS. The van der Waals surface area contributed by atoms with Gasteiger partial charge in [-0.15, -0.1) is 0 Å². The number of ether oxygens (including phenoxy) is 1. The number of anilines is 1. The van der Waals surface area contributed by atoms with Crippen LogP contribution in [0.4, 0.5) is 10.1 Å². The van der Waals surface area contributed by atoms with Crippen molar-refractivity contribution in [2.45, 2.75) is 13.0 Å². The second-order valence-electron chi connectivity index (χ2n) is 4.79. The molecule has 110 valence electrons. The van der Waals surface area contributed by atoms with Gasteiger partial charge in [0.05, 0.1) is 18.3 Å². The Balaban J connectivity index is 2.00. The maximum atomic E-state index is 13.7. The number of thiocarbonyl (C=S) groups is 1. The standard InChI is InChI=1S/C14H20FN3OS/c1-2-18-6-7-19-10(9-18)8-17-12-5-3-4-11(15)13(12)14(16)20/h3-5,10,17H,2,6-9H2,1H3,(H2,16,20). The minimum Gasteiger partial charge on any atom is -0.389 e. The van der Waals surface area contributed by atoms with Crippen LogP contribution in [0.1, 0.15) is 12.5 Å². The van der Waals surface area contributed by atoms with Crippen LogP contribution >= 0.6 is 12.2 Å². The van der Waals surface area contributed by atoms with Gasteiger partial charge in [0, 0.05) is 25.3 Å². The van der Waals surface area contributed by atoms with Gasteiger partial charge in [0.2, 0.25) is 0 Å². The van der Waals surface area contributed by atoms with E-state index in [4.69, 9.17) is 22.7 Å². The van der Waals surface area contributed by atoms with Gasteiger partial charge in [-0.1, -0.05) is 25.2 Å². The van der Waals surface area contributed by atoms with Crippen molar-refractivity contribution >= 4 is 22.9 Å². The number of nitrogens with two attached hydrogens (primary N) is 1. The van der Waals surface area contributed by atoms with Crippen molar-refractivity contribution in [3.05, 3.63) is 29.6 Å². The summed E-state index contributed by atoms with van der Waals surface area (Å²) >= 11 is 4.90. The fourth-order valence-electron chi connectivity index (χ4n) is 2.34. The number of hydrogen-bond donors (Lipinski definition) is 2. The lowest BCUT2D eigenvalue weighted by Crippen LogP contribution is -2.45. The predicted molar refractivity (Wildman–Crippen MR) is 82.6 cm³/mol. The van der Waals surface area contributed by atoms with E-state index in [0.717, 1.165) is 26.2 Å². The van der Waals surface area contributed by atoms with Gasteiger partial charge in [0.1, 0.15) is 10.8 Å². The van der Waals surface area contributed by atoms with Crippen LogP contribution in [0.5, 0.6) is 0 Å². The minimum atomic E-state index is -0.401. The molecule has 1 aromatic carbocycles. The van der Waals surface area contributed by atoms with E-state index in [9.17, 15) is 4.39 Å². The molecule has 0 saturated carbocycles. The van der Waals surface area contributed by atoms with E-state index in [2.05, 4.69) is 17.1 Å². The molecule has 4 nitrogen and oxygen atoms in total. The highest BCUT2D eigenvalue weighted by atomic mass is 32.1. The van der Waals surface area contributed by atoms with Gasteiger partial charge in [-0.3, -0.25) is 4.90 Å². The number of rotatable bonds is 5. The number of hydrogen-bond acceptors (Lipinski definition) is 4. The van der Waals surface area contributed by atoms with Gasteiger partial charge in [0.15, 0.2) is 0 Å². The molecule has 1 aliphatic rings. The van der Waals surface area contributed by atoms with Crippen LogP contribution in [0.15, 0.2) is 18.2 Å². The zero-order valence-corrected chi connectivity index (χ0v) is 12.4. The molecule has 0 bridgehead atoms. The lowest BCUT2D eigenvalue weighted by molar-refractivity contribution is -0.0191. The van der Waals surface area contributed by atoms with Crippen molar-refractivity contribution in [1.29, 1.82) is 0 Å². The topological polar surface area (TPSA) is 50.5 Å². The summed E-state index contributed by atoms with van der Waals surface area (Å²) in [4.78, 5) is 2.39. The zero-order chi connectivity index (χ0) is 14.5. The third kappa shape index (κ3) is 3.65. The molecule has 20 heavy (non-hydrogen) atoms. The highest BCUT2D eigenvalue weighted by Crippen LogP contribution is 2.19. The Bertz CT molecular complexity index is 483. The largest absolute Gasteiger partial charge is 0.389 e. The number of benzene rings is 1. The van der Waals surface area contributed by atoms with E-state index in [1.54, 1.807) is 12.1 Å². The molecular weight excluding hydrogens is 277 g/mol. The highest BCUT2D eigenvalue weighted by molar-refractivity contribution is 7.80.